The third kappa shape index (κ3) is 3.78. The van der Waals surface area contributed by atoms with Gasteiger partial charge in [0.1, 0.15) is 0 Å². The molecule has 4 aliphatic rings. The standard InChI is InChI=1S/C24H33NO3/c1-4-5-17-6-7-21(22(11-17)27-3)28-15-23(26)25-16(2)24-12-18-8-19(13-24)10-20(9-18)14-24/h4-7,11,16,18-20H,8-10,12-15H2,1-3H3,(H,25,26)/b5-4+/t16-,18?,19?,20?,24?/m1/s1. The Hall–Kier alpha value is -1.97. The van der Waals surface area contributed by atoms with E-state index in [0.29, 0.717) is 16.9 Å². The number of amides is 1. The number of carbonyl (C=O) groups excluding carboxylic acids is 1. The zero-order chi connectivity index (χ0) is 19.7. The molecule has 5 rings (SSSR count). The molecule has 4 saturated carbocycles. The summed E-state index contributed by atoms with van der Waals surface area (Å²) in [7, 11) is 1.62. The van der Waals surface area contributed by atoms with Crippen LogP contribution in [0.1, 0.15) is 57.9 Å². The minimum Gasteiger partial charge on any atom is -0.493 e. The molecule has 1 N–H and O–H groups in total. The molecule has 1 amide bonds. The van der Waals surface area contributed by atoms with Crippen LogP contribution in [0.4, 0.5) is 0 Å². The van der Waals surface area contributed by atoms with Crippen LogP contribution < -0.4 is 14.8 Å². The van der Waals surface area contributed by atoms with Crippen LogP contribution in [0.25, 0.3) is 6.08 Å². The quantitative estimate of drug-likeness (QED) is 0.734. The Labute approximate surface area is 168 Å². The minimum atomic E-state index is -0.0390. The molecular formula is C24H33NO3. The third-order valence-corrected chi connectivity index (χ3v) is 7.29. The van der Waals surface area contributed by atoms with Crippen molar-refractivity contribution in [2.24, 2.45) is 23.2 Å². The Kier molecular flexibility index (Phi) is 5.39. The summed E-state index contributed by atoms with van der Waals surface area (Å²) < 4.78 is 11.2. The van der Waals surface area contributed by atoms with Crippen molar-refractivity contribution in [2.75, 3.05) is 13.7 Å². The highest BCUT2D eigenvalue weighted by molar-refractivity contribution is 5.78. The number of hydrogen-bond acceptors (Lipinski definition) is 3. The van der Waals surface area contributed by atoms with Crippen molar-refractivity contribution < 1.29 is 14.3 Å². The lowest BCUT2D eigenvalue weighted by atomic mass is 9.48. The van der Waals surface area contributed by atoms with E-state index in [2.05, 4.69) is 12.2 Å². The number of hydrogen-bond donors (Lipinski definition) is 1. The molecule has 0 heterocycles. The van der Waals surface area contributed by atoms with Gasteiger partial charge in [0.2, 0.25) is 0 Å². The summed E-state index contributed by atoms with van der Waals surface area (Å²) in [6, 6.07) is 5.97. The molecule has 4 nitrogen and oxygen atoms in total. The second-order valence-electron chi connectivity index (χ2n) is 9.27. The topological polar surface area (TPSA) is 47.6 Å². The van der Waals surface area contributed by atoms with Gasteiger partial charge in [0.05, 0.1) is 7.11 Å². The molecule has 0 radical (unpaired) electrons. The molecule has 152 valence electrons. The number of carbonyl (C=O) groups is 1. The zero-order valence-corrected chi connectivity index (χ0v) is 17.4. The zero-order valence-electron chi connectivity index (χ0n) is 17.4. The number of rotatable bonds is 7. The molecule has 4 bridgehead atoms. The molecule has 0 aromatic heterocycles. The van der Waals surface area contributed by atoms with E-state index in [9.17, 15) is 4.79 Å². The molecule has 1 aromatic carbocycles. The van der Waals surface area contributed by atoms with Crippen molar-refractivity contribution >= 4 is 12.0 Å². The van der Waals surface area contributed by atoms with E-state index in [1.165, 1.54) is 38.5 Å². The highest BCUT2D eigenvalue weighted by Gasteiger charge is 2.53. The maximum Gasteiger partial charge on any atom is 0.258 e. The smallest absolute Gasteiger partial charge is 0.258 e. The largest absolute Gasteiger partial charge is 0.493 e. The van der Waals surface area contributed by atoms with Gasteiger partial charge >= 0.3 is 0 Å². The first-order valence-electron chi connectivity index (χ1n) is 10.7. The monoisotopic (exact) mass is 383 g/mol. The molecule has 4 aliphatic carbocycles. The van der Waals surface area contributed by atoms with E-state index < -0.39 is 0 Å². The maximum absolute atomic E-state index is 12.6. The first-order chi connectivity index (χ1) is 13.5. The fourth-order valence-corrected chi connectivity index (χ4v) is 6.39. The SMILES string of the molecule is C/C=C/c1ccc(OCC(=O)N[C@H](C)C23CC4CC(CC(C4)C2)C3)c(OC)c1. The second kappa shape index (κ2) is 7.81. The van der Waals surface area contributed by atoms with E-state index >= 15 is 0 Å². The molecule has 4 fully saturated rings. The Bertz CT molecular complexity index is 719. The van der Waals surface area contributed by atoms with Gasteiger partial charge in [-0.05, 0) is 93.2 Å². The van der Waals surface area contributed by atoms with Crippen LogP contribution in [0.5, 0.6) is 11.5 Å². The second-order valence-corrected chi connectivity index (χ2v) is 9.27. The number of nitrogens with one attached hydrogen (secondary N) is 1. The van der Waals surface area contributed by atoms with Gasteiger partial charge in [0, 0.05) is 6.04 Å². The summed E-state index contributed by atoms with van der Waals surface area (Å²) in [5, 5.41) is 3.26. The predicted molar refractivity (Wildman–Crippen MR) is 111 cm³/mol. The Balaban J connectivity index is 1.35. The molecule has 1 aromatic rings. The van der Waals surface area contributed by atoms with Gasteiger partial charge in [-0.2, -0.15) is 0 Å². The Morgan fingerprint density at radius 1 is 1.18 bits per heavy atom. The van der Waals surface area contributed by atoms with E-state index in [4.69, 9.17) is 9.47 Å². The third-order valence-electron chi connectivity index (χ3n) is 7.29. The Morgan fingerprint density at radius 2 is 1.82 bits per heavy atom. The average molecular weight is 384 g/mol. The molecule has 0 spiro atoms. The first kappa shape index (κ1) is 19.4. The lowest BCUT2D eigenvalue weighted by molar-refractivity contribution is -0.127. The number of allylic oxidation sites excluding steroid dienone is 1. The van der Waals surface area contributed by atoms with Crippen LogP contribution in [0, 0.1) is 23.2 Å². The van der Waals surface area contributed by atoms with Gasteiger partial charge in [-0.1, -0.05) is 18.2 Å². The van der Waals surface area contributed by atoms with Gasteiger partial charge in [0.25, 0.3) is 5.91 Å². The lowest BCUT2D eigenvalue weighted by Gasteiger charge is -2.59. The van der Waals surface area contributed by atoms with Crippen molar-refractivity contribution in [1.29, 1.82) is 0 Å². The maximum atomic E-state index is 12.6. The molecule has 28 heavy (non-hydrogen) atoms. The van der Waals surface area contributed by atoms with E-state index in [1.807, 2.05) is 37.3 Å². The van der Waals surface area contributed by atoms with E-state index in [0.717, 1.165) is 23.3 Å². The highest BCUT2D eigenvalue weighted by atomic mass is 16.5. The van der Waals surface area contributed by atoms with Crippen molar-refractivity contribution in [3.63, 3.8) is 0 Å². The lowest BCUT2D eigenvalue weighted by Crippen LogP contribution is -2.56. The summed E-state index contributed by atoms with van der Waals surface area (Å²) in [5.41, 5.74) is 1.36. The molecular weight excluding hydrogens is 350 g/mol. The van der Waals surface area contributed by atoms with Crippen LogP contribution in [-0.2, 0) is 4.79 Å². The number of benzene rings is 1. The van der Waals surface area contributed by atoms with E-state index in [1.54, 1.807) is 7.11 Å². The van der Waals surface area contributed by atoms with Gasteiger partial charge < -0.3 is 14.8 Å². The normalized spacial score (nSPS) is 31.8. The van der Waals surface area contributed by atoms with Gasteiger partial charge in [0.15, 0.2) is 18.1 Å². The van der Waals surface area contributed by atoms with Crippen LogP contribution in [0.2, 0.25) is 0 Å². The summed E-state index contributed by atoms with van der Waals surface area (Å²) in [5.74, 6) is 3.89. The van der Waals surface area contributed by atoms with Crippen molar-refractivity contribution in [1.82, 2.24) is 5.32 Å². The van der Waals surface area contributed by atoms with Gasteiger partial charge in [-0.15, -0.1) is 0 Å². The average Bonchev–Trinajstić information content (AvgIpc) is 2.66. The molecule has 0 aliphatic heterocycles. The van der Waals surface area contributed by atoms with Crippen molar-refractivity contribution in [3.05, 3.63) is 29.8 Å². The molecule has 0 saturated heterocycles. The summed E-state index contributed by atoms with van der Waals surface area (Å²) in [6.45, 7) is 4.21. The summed E-state index contributed by atoms with van der Waals surface area (Å²) in [6.07, 6.45) is 12.1. The fourth-order valence-electron chi connectivity index (χ4n) is 6.39. The summed E-state index contributed by atoms with van der Waals surface area (Å²) >= 11 is 0. The van der Waals surface area contributed by atoms with Crippen LogP contribution in [0.15, 0.2) is 24.3 Å². The number of ether oxygens (including phenoxy) is 2. The van der Waals surface area contributed by atoms with Crippen LogP contribution in [0.3, 0.4) is 0 Å². The van der Waals surface area contributed by atoms with Gasteiger partial charge in [-0.25, -0.2) is 0 Å². The molecule has 0 unspecified atom stereocenters. The minimum absolute atomic E-state index is 0.0238. The van der Waals surface area contributed by atoms with Crippen LogP contribution in [-0.4, -0.2) is 25.7 Å². The molecule has 1 atom stereocenters. The fraction of sp³-hybridized carbons (Fsp3) is 0.625. The highest BCUT2D eigenvalue weighted by Crippen LogP contribution is 2.61. The van der Waals surface area contributed by atoms with E-state index in [-0.39, 0.29) is 18.6 Å². The number of methoxy groups -OCH3 is 1. The Morgan fingerprint density at radius 3 is 2.39 bits per heavy atom. The van der Waals surface area contributed by atoms with Crippen molar-refractivity contribution in [2.45, 2.75) is 58.4 Å². The van der Waals surface area contributed by atoms with Crippen LogP contribution >= 0.6 is 0 Å². The predicted octanol–water partition coefficient (Wildman–Crippen LogP) is 4.83. The van der Waals surface area contributed by atoms with Crippen molar-refractivity contribution in [3.8, 4) is 11.5 Å². The molecule has 4 heteroatoms. The van der Waals surface area contributed by atoms with Gasteiger partial charge in [-0.3, -0.25) is 4.79 Å². The summed E-state index contributed by atoms with van der Waals surface area (Å²) in [4.78, 5) is 12.6. The first-order valence-corrected chi connectivity index (χ1v) is 10.7.